The Morgan fingerprint density at radius 3 is 2.94 bits per heavy atom. The summed E-state index contributed by atoms with van der Waals surface area (Å²) in [6, 6.07) is 4.83. The van der Waals surface area contributed by atoms with E-state index in [1.807, 2.05) is 6.92 Å². The van der Waals surface area contributed by atoms with Crippen LogP contribution < -0.4 is 10.1 Å². The molecule has 17 heavy (non-hydrogen) atoms. The van der Waals surface area contributed by atoms with Crippen LogP contribution in [0.5, 0.6) is 5.75 Å². The van der Waals surface area contributed by atoms with Gasteiger partial charge in [0.1, 0.15) is 0 Å². The van der Waals surface area contributed by atoms with E-state index in [2.05, 4.69) is 10.3 Å². The molecule has 1 heterocycles. The smallest absolute Gasteiger partial charge is 0.207 e. The number of ether oxygens (including phenoxy) is 1. The van der Waals surface area contributed by atoms with Crippen LogP contribution in [0.2, 0.25) is 0 Å². The normalized spacial score (nSPS) is 10.3. The van der Waals surface area contributed by atoms with Crippen molar-refractivity contribution in [3.8, 4) is 11.4 Å². The molecule has 1 N–H and O–H groups in total. The van der Waals surface area contributed by atoms with E-state index in [9.17, 15) is 4.39 Å². The van der Waals surface area contributed by atoms with Crippen LogP contribution in [0.15, 0.2) is 30.6 Å². The molecule has 1 aromatic carbocycles. The highest BCUT2D eigenvalue weighted by molar-refractivity contribution is 5.44. The number of rotatable bonds is 4. The molecule has 0 bridgehead atoms. The van der Waals surface area contributed by atoms with Gasteiger partial charge in [-0.15, -0.1) is 0 Å². The number of hydrogen-bond donors (Lipinski definition) is 1. The van der Waals surface area contributed by atoms with E-state index in [1.54, 1.807) is 36.1 Å². The van der Waals surface area contributed by atoms with Crippen LogP contribution in [0.4, 0.5) is 10.3 Å². The van der Waals surface area contributed by atoms with Crippen molar-refractivity contribution < 1.29 is 9.13 Å². The maximum absolute atomic E-state index is 13.7. The fourth-order valence-corrected chi connectivity index (χ4v) is 1.61. The standard InChI is InChI=1S/C12H14FN3O/c1-3-17-11-5-4-9(8-10(11)13)16-7-6-15-12(16)14-2/h4-8H,3H2,1-2H3,(H,14,15). The molecular weight excluding hydrogens is 221 g/mol. The molecular formula is C12H14FN3O. The van der Waals surface area contributed by atoms with E-state index in [0.717, 1.165) is 0 Å². The zero-order valence-corrected chi connectivity index (χ0v) is 9.77. The van der Waals surface area contributed by atoms with Gasteiger partial charge in [-0.3, -0.25) is 4.57 Å². The maximum atomic E-state index is 13.7. The van der Waals surface area contributed by atoms with E-state index in [-0.39, 0.29) is 11.6 Å². The van der Waals surface area contributed by atoms with Crippen molar-refractivity contribution in [3.63, 3.8) is 0 Å². The van der Waals surface area contributed by atoms with Gasteiger partial charge in [-0.2, -0.15) is 0 Å². The summed E-state index contributed by atoms with van der Waals surface area (Å²) in [7, 11) is 1.77. The van der Waals surface area contributed by atoms with E-state index >= 15 is 0 Å². The van der Waals surface area contributed by atoms with Crippen LogP contribution >= 0.6 is 0 Å². The monoisotopic (exact) mass is 235 g/mol. The summed E-state index contributed by atoms with van der Waals surface area (Å²) in [6.45, 7) is 2.27. The van der Waals surface area contributed by atoms with Crippen LogP contribution in [0.1, 0.15) is 6.92 Å². The third-order valence-corrected chi connectivity index (χ3v) is 2.36. The van der Waals surface area contributed by atoms with Gasteiger partial charge < -0.3 is 10.1 Å². The first-order valence-corrected chi connectivity index (χ1v) is 5.40. The maximum Gasteiger partial charge on any atom is 0.207 e. The van der Waals surface area contributed by atoms with Crippen molar-refractivity contribution in [1.29, 1.82) is 0 Å². The third kappa shape index (κ3) is 2.22. The SMILES string of the molecule is CCOc1ccc(-n2ccnc2NC)cc1F. The molecule has 1 aromatic heterocycles. The summed E-state index contributed by atoms with van der Waals surface area (Å²) < 4.78 is 20.6. The highest BCUT2D eigenvalue weighted by atomic mass is 19.1. The van der Waals surface area contributed by atoms with Gasteiger partial charge in [-0.05, 0) is 19.1 Å². The number of aromatic nitrogens is 2. The second kappa shape index (κ2) is 4.86. The number of nitrogens with zero attached hydrogens (tertiary/aromatic N) is 2. The number of imidazole rings is 1. The van der Waals surface area contributed by atoms with Crippen LogP contribution in [-0.4, -0.2) is 23.2 Å². The minimum atomic E-state index is -0.375. The lowest BCUT2D eigenvalue weighted by Gasteiger charge is -2.09. The van der Waals surface area contributed by atoms with Gasteiger partial charge in [-0.1, -0.05) is 0 Å². The Kier molecular flexibility index (Phi) is 3.27. The van der Waals surface area contributed by atoms with Gasteiger partial charge in [0.25, 0.3) is 0 Å². The zero-order chi connectivity index (χ0) is 12.3. The number of hydrogen-bond acceptors (Lipinski definition) is 3. The topological polar surface area (TPSA) is 39.1 Å². The Balaban J connectivity index is 2.37. The molecule has 0 spiro atoms. The Morgan fingerprint density at radius 1 is 1.47 bits per heavy atom. The fraction of sp³-hybridized carbons (Fsp3) is 0.250. The first kappa shape index (κ1) is 11.4. The third-order valence-electron chi connectivity index (χ3n) is 2.36. The van der Waals surface area contributed by atoms with Crippen LogP contribution in [0, 0.1) is 5.82 Å². The van der Waals surface area contributed by atoms with Gasteiger partial charge in [0, 0.05) is 25.5 Å². The van der Waals surface area contributed by atoms with Gasteiger partial charge >= 0.3 is 0 Å². The fourth-order valence-electron chi connectivity index (χ4n) is 1.61. The quantitative estimate of drug-likeness (QED) is 0.884. The first-order chi connectivity index (χ1) is 8.26. The summed E-state index contributed by atoms with van der Waals surface area (Å²) in [5.41, 5.74) is 0.702. The Hall–Kier alpha value is -2.04. The highest BCUT2D eigenvalue weighted by Gasteiger charge is 2.07. The van der Waals surface area contributed by atoms with Gasteiger partial charge in [0.05, 0.1) is 12.3 Å². The Bertz CT molecular complexity index is 510. The lowest BCUT2D eigenvalue weighted by atomic mass is 10.3. The van der Waals surface area contributed by atoms with Crippen molar-refractivity contribution in [2.24, 2.45) is 0 Å². The average molecular weight is 235 g/mol. The van der Waals surface area contributed by atoms with Crippen LogP contribution in [0.3, 0.4) is 0 Å². The largest absolute Gasteiger partial charge is 0.491 e. The Morgan fingerprint density at radius 2 is 2.29 bits per heavy atom. The molecule has 0 unspecified atom stereocenters. The molecule has 0 atom stereocenters. The summed E-state index contributed by atoms with van der Waals surface area (Å²) >= 11 is 0. The molecule has 0 aliphatic carbocycles. The molecule has 0 aliphatic rings. The van der Waals surface area contributed by atoms with Crippen molar-refractivity contribution in [3.05, 3.63) is 36.4 Å². The summed E-state index contributed by atoms with van der Waals surface area (Å²) in [6.07, 6.45) is 3.42. The zero-order valence-electron chi connectivity index (χ0n) is 9.77. The molecule has 0 radical (unpaired) electrons. The molecule has 5 heteroatoms. The minimum Gasteiger partial charge on any atom is -0.491 e. The molecule has 90 valence electrons. The number of nitrogens with one attached hydrogen (secondary N) is 1. The molecule has 0 amide bonds. The number of anilines is 1. The molecule has 2 rings (SSSR count). The Labute approximate surface area is 99.1 Å². The lowest BCUT2D eigenvalue weighted by Crippen LogP contribution is -2.02. The molecule has 0 fully saturated rings. The van der Waals surface area contributed by atoms with Crippen molar-refractivity contribution in [1.82, 2.24) is 9.55 Å². The molecule has 0 saturated heterocycles. The van der Waals surface area contributed by atoms with Crippen LogP contribution in [-0.2, 0) is 0 Å². The predicted octanol–water partition coefficient (Wildman–Crippen LogP) is 2.45. The van der Waals surface area contributed by atoms with Gasteiger partial charge in [0.2, 0.25) is 5.95 Å². The summed E-state index contributed by atoms with van der Waals surface area (Å²) in [4.78, 5) is 4.10. The number of benzene rings is 1. The van der Waals surface area contributed by atoms with Gasteiger partial charge in [0.15, 0.2) is 11.6 Å². The second-order valence-electron chi connectivity index (χ2n) is 3.42. The van der Waals surface area contributed by atoms with Crippen molar-refractivity contribution >= 4 is 5.95 Å². The minimum absolute atomic E-state index is 0.266. The lowest BCUT2D eigenvalue weighted by molar-refractivity contribution is 0.321. The van der Waals surface area contributed by atoms with E-state index in [4.69, 9.17) is 4.74 Å². The molecule has 2 aromatic rings. The second-order valence-corrected chi connectivity index (χ2v) is 3.42. The molecule has 4 nitrogen and oxygen atoms in total. The predicted molar refractivity (Wildman–Crippen MR) is 64.2 cm³/mol. The molecule has 0 saturated carbocycles. The summed E-state index contributed by atoms with van der Waals surface area (Å²) in [5.74, 6) is 0.552. The van der Waals surface area contributed by atoms with E-state index < -0.39 is 0 Å². The first-order valence-electron chi connectivity index (χ1n) is 5.40. The van der Waals surface area contributed by atoms with Gasteiger partial charge in [-0.25, -0.2) is 9.37 Å². The number of halogens is 1. The van der Waals surface area contributed by atoms with Crippen LogP contribution in [0.25, 0.3) is 5.69 Å². The summed E-state index contributed by atoms with van der Waals surface area (Å²) in [5, 5.41) is 2.93. The van der Waals surface area contributed by atoms with E-state index in [1.165, 1.54) is 6.07 Å². The average Bonchev–Trinajstić information content (AvgIpc) is 2.80. The van der Waals surface area contributed by atoms with Crippen molar-refractivity contribution in [2.45, 2.75) is 6.92 Å². The molecule has 0 aliphatic heterocycles. The highest BCUT2D eigenvalue weighted by Crippen LogP contribution is 2.22. The van der Waals surface area contributed by atoms with E-state index in [0.29, 0.717) is 18.2 Å². The van der Waals surface area contributed by atoms with Crippen molar-refractivity contribution in [2.75, 3.05) is 19.0 Å².